The minimum atomic E-state index is -0.720. The van der Waals surface area contributed by atoms with Gasteiger partial charge in [-0.05, 0) is 25.0 Å². The van der Waals surface area contributed by atoms with E-state index in [2.05, 4.69) is 5.32 Å². The second-order valence-corrected chi connectivity index (χ2v) is 3.65. The maximum Gasteiger partial charge on any atom is 0.253 e. The molecule has 1 atom stereocenters. The number of carbonyl (C=O) groups is 1. The first-order chi connectivity index (χ1) is 7.65. The Bertz CT molecular complexity index is 383. The average molecular weight is 227 g/mol. The normalized spacial score (nSPS) is 19.8. The van der Waals surface area contributed by atoms with Crippen LogP contribution in [-0.4, -0.2) is 18.6 Å². The van der Waals surface area contributed by atoms with Crippen LogP contribution in [0.25, 0.3) is 0 Å². The third-order valence-electron chi connectivity index (χ3n) is 2.35. The van der Waals surface area contributed by atoms with Crippen molar-refractivity contribution in [1.29, 1.82) is 0 Å². The van der Waals surface area contributed by atoms with Gasteiger partial charge in [-0.25, -0.2) is 8.78 Å². The van der Waals surface area contributed by atoms with Crippen LogP contribution in [0.15, 0.2) is 18.2 Å². The van der Waals surface area contributed by atoms with Gasteiger partial charge < -0.3 is 10.1 Å². The highest BCUT2D eigenvalue weighted by Gasteiger charge is 2.23. The van der Waals surface area contributed by atoms with Crippen molar-refractivity contribution in [3.63, 3.8) is 0 Å². The standard InChI is InChI=1S/C11H11F2NO2/c12-7-4-8(13)6-9(5-7)14-11(15)10-2-1-3-16-10/h4-6,10H,1-3H2,(H,14,15). The third kappa shape index (κ3) is 2.55. The molecule has 1 aromatic carbocycles. The smallest absolute Gasteiger partial charge is 0.253 e. The zero-order valence-electron chi connectivity index (χ0n) is 8.50. The fourth-order valence-electron chi connectivity index (χ4n) is 1.63. The number of benzene rings is 1. The number of anilines is 1. The zero-order valence-corrected chi connectivity index (χ0v) is 8.50. The summed E-state index contributed by atoms with van der Waals surface area (Å²) in [4.78, 5) is 11.6. The van der Waals surface area contributed by atoms with Crippen molar-refractivity contribution in [2.75, 3.05) is 11.9 Å². The van der Waals surface area contributed by atoms with E-state index in [9.17, 15) is 13.6 Å². The highest BCUT2D eigenvalue weighted by molar-refractivity contribution is 5.94. The van der Waals surface area contributed by atoms with Crippen LogP contribution in [0, 0.1) is 11.6 Å². The Hall–Kier alpha value is -1.49. The minimum Gasteiger partial charge on any atom is -0.368 e. The van der Waals surface area contributed by atoms with Gasteiger partial charge in [0.2, 0.25) is 0 Å². The zero-order chi connectivity index (χ0) is 11.5. The summed E-state index contributed by atoms with van der Waals surface area (Å²) in [6, 6.07) is 2.88. The molecule has 0 bridgehead atoms. The molecule has 1 saturated heterocycles. The van der Waals surface area contributed by atoms with Crippen LogP contribution in [0.1, 0.15) is 12.8 Å². The SMILES string of the molecule is O=C(Nc1cc(F)cc(F)c1)C1CCCO1. The van der Waals surface area contributed by atoms with Crippen LogP contribution in [-0.2, 0) is 9.53 Å². The predicted octanol–water partition coefficient (Wildman–Crippen LogP) is 2.08. The van der Waals surface area contributed by atoms with E-state index in [1.165, 1.54) is 0 Å². The number of amides is 1. The van der Waals surface area contributed by atoms with E-state index in [0.717, 1.165) is 24.6 Å². The van der Waals surface area contributed by atoms with Crippen LogP contribution in [0.3, 0.4) is 0 Å². The molecule has 1 unspecified atom stereocenters. The lowest BCUT2D eigenvalue weighted by molar-refractivity contribution is -0.124. The maximum absolute atomic E-state index is 12.8. The minimum absolute atomic E-state index is 0.109. The molecule has 0 spiro atoms. The Morgan fingerprint density at radius 2 is 2.00 bits per heavy atom. The van der Waals surface area contributed by atoms with E-state index in [-0.39, 0.29) is 11.6 Å². The van der Waals surface area contributed by atoms with Gasteiger partial charge in [0.05, 0.1) is 0 Å². The number of ether oxygens (including phenoxy) is 1. The number of halogens is 2. The van der Waals surface area contributed by atoms with Gasteiger partial charge in [0.15, 0.2) is 0 Å². The molecule has 86 valence electrons. The molecule has 16 heavy (non-hydrogen) atoms. The van der Waals surface area contributed by atoms with Gasteiger partial charge in [0, 0.05) is 18.4 Å². The molecule has 0 radical (unpaired) electrons. The van der Waals surface area contributed by atoms with Gasteiger partial charge in [-0.2, -0.15) is 0 Å². The molecule has 3 nitrogen and oxygen atoms in total. The lowest BCUT2D eigenvalue weighted by Crippen LogP contribution is -2.26. The molecule has 0 aliphatic carbocycles. The van der Waals surface area contributed by atoms with E-state index >= 15 is 0 Å². The molecule has 1 amide bonds. The summed E-state index contributed by atoms with van der Waals surface area (Å²) < 4.78 is 30.8. The van der Waals surface area contributed by atoms with E-state index in [1.54, 1.807) is 0 Å². The Balaban J connectivity index is 2.05. The second kappa shape index (κ2) is 4.57. The number of hydrogen-bond donors (Lipinski definition) is 1. The first kappa shape index (κ1) is 11.0. The van der Waals surface area contributed by atoms with E-state index in [1.807, 2.05) is 0 Å². The van der Waals surface area contributed by atoms with Crippen LogP contribution in [0.5, 0.6) is 0 Å². The summed E-state index contributed by atoms with van der Waals surface area (Å²) in [5.74, 6) is -1.80. The van der Waals surface area contributed by atoms with Crippen LogP contribution >= 0.6 is 0 Å². The van der Waals surface area contributed by atoms with Crippen LogP contribution in [0.4, 0.5) is 14.5 Å². The summed E-state index contributed by atoms with van der Waals surface area (Å²) in [5, 5.41) is 2.42. The molecular formula is C11H11F2NO2. The van der Waals surface area contributed by atoms with Crippen molar-refractivity contribution in [2.45, 2.75) is 18.9 Å². The third-order valence-corrected chi connectivity index (χ3v) is 2.35. The van der Waals surface area contributed by atoms with Gasteiger partial charge in [-0.3, -0.25) is 4.79 Å². The lowest BCUT2D eigenvalue weighted by atomic mass is 10.2. The average Bonchev–Trinajstić information content (AvgIpc) is 2.68. The Labute approximate surface area is 91.4 Å². The molecule has 1 aromatic rings. The number of rotatable bonds is 2. The van der Waals surface area contributed by atoms with Crippen molar-refractivity contribution in [2.24, 2.45) is 0 Å². The van der Waals surface area contributed by atoms with E-state index < -0.39 is 17.7 Å². The van der Waals surface area contributed by atoms with Crippen molar-refractivity contribution < 1.29 is 18.3 Å². The van der Waals surface area contributed by atoms with Gasteiger partial charge in [-0.1, -0.05) is 0 Å². The molecule has 0 saturated carbocycles. The maximum atomic E-state index is 12.8. The second-order valence-electron chi connectivity index (χ2n) is 3.65. The first-order valence-corrected chi connectivity index (χ1v) is 5.04. The monoisotopic (exact) mass is 227 g/mol. The van der Waals surface area contributed by atoms with Gasteiger partial charge in [0.25, 0.3) is 5.91 Å². The molecule has 1 aliphatic rings. The Morgan fingerprint density at radius 1 is 1.31 bits per heavy atom. The quantitative estimate of drug-likeness (QED) is 0.840. The van der Waals surface area contributed by atoms with Gasteiger partial charge in [0.1, 0.15) is 17.7 Å². The fraction of sp³-hybridized carbons (Fsp3) is 0.364. The Kier molecular flexibility index (Phi) is 3.14. The molecule has 1 aliphatic heterocycles. The molecule has 0 aromatic heterocycles. The van der Waals surface area contributed by atoms with Gasteiger partial charge in [-0.15, -0.1) is 0 Å². The summed E-state index contributed by atoms with van der Waals surface area (Å²) >= 11 is 0. The number of hydrogen-bond acceptors (Lipinski definition) is 2. The molecular weight excluding hydrogens is 216 g/mol. The van der Waals surface area contributed by atoms with Crippen LogP contribution in [0.2, 0.25) is 0 Å². The molecule has 1 N–H and O–H groups in total. The first-order valence-electron chi connectivity index (χ1n) is 5.04. The van der Waals surface area contributed by atoms with E-state index in [4.69, 9.17) is 4.74 Å². The predicted molar refractivity (Wildman–Crippen MR) is 54.0 cm³/mol. The number of nitrogens with one attached hydrogen (secondary N) is 1. The van der Waals surface area contributed by atoms with Crippen LogP contribution < -0.4 is 5.32 Å². The summed E-state index contributed by atoms with van der Waals surface area (Å²) in [5.41, 5.74) is 0.109. The Morgan fingerprint density at radius 3 is 2.56 bits per heavy atom. The van der Waals surface area contributed by atoms with Crippen molar-refractivity contribution in [3.05, 3.63) is 29.8 Å². The van der Waals surface area contributed by atoms with Gasteiger partial charge >= 0.3 is 0 Å². The molecule has 5 heteroatoms. The van der Waals surface area contributed by atoms with E-state index in [0.29, 0.717) is 13.0 Å². The van der Waals surface area contributed by atoms with Crippen molar-refractivity contribution in [3.8, 4) is 0 Å². The summed E-state index contributed by atoms with van der Waals surface area (Å²) in [6.45, 7) is 0.551. The molecule has 1 fully saturated rings. The largest absolute Gasteiger partial charge is 0.368 e. The fourth-order valence-corrected chi connectivity index (χ4v) is 1.63. The highest BCUT2D eigenvalue weighted by atomic mass is 19.1. The highest BCUT2D eigenvalue weighted by Crippen LogP contribution is 2.17. The molecule has 1 heterocycles. The summed E-state index contributed by atoms with van der Waals surface area (Å²) in [7, 11) is 0. The lowest BCUT2D eigenvalue weighted by Gasteiger charge is -2.10. The topological polar surface area (TPSA) is 38.3 Å². The van der Waals surface area contributed by atoms with Crippen molar-refractivity contribution >= 4 is 11.6 Å². The summed E-state index contributed by atoms with van der Waals surface area (Å²) in [6.07, 6.45) is 0.963. The number of carbonyl (C=O) groups excluding carboxylic acids is 1. The molecule has 2 rings (SSSR count). The van der Waals surface area contributed by atoms with Crippen molar-refractivity contribution in [1.82, 2.24) is 0 Å².